The van der Waals surface area contributed by atoms with Crippen LogP contribution in [-0.4, -0.2) is 56.7 Å². The molecule has 0 aromatic heterocycles. The maximum absolute atomic E-state index is 13.4. The first-order chi connectivity index (χ1) is 21.8. The van der Waals surface area contributed by atoms with Crippen LogP contribution < -0.4 is 10.1 Å². The van der Waals surface area contributed by atoms with Gasteiger partial charge < -0.3 is 29.0 Å². The van der Waals surface area contributed by atoms with E-state index in [0.29, 0.717) is 55.2 Å². The van der Waals surface area contributed by atoms with E-state index in [2.05, 4.69) is 5.32 Å². The first-order valence-electron chi connectivity index (χ1n) is 15.4. The lowest BCUT2D eigenvalue weighted by Crippen LogP contribution is -2.32. The number of hydrogen-bond acceptors (Lipinski definition) is 10. The van der Waals surface area contributed by atoms with E-state index < -0.39 is 22.8 Å². The van der Waals surface area contributed by atoms with Crippen molar-refractivity contribution in [3.63, 3.8) is 0 Å². The molecule has 1 saturated carbocycles. The highest BCUT2D eigenvalue weighted by atomic mass is 16.7. The number of nitro benzene ring substituents is 1. The van der Waals surface area contributed by atoms with E-state index in [0.717, 1.165) is 24.8 Å². The Morgan fingerprint density at radius 2 is 1.64 bits per heavy atom. The minimum atomic E-state index is -0.907. The summed E-state index contributed by atoms with van der Waals surface area (Å²) >= 11 is 0. The number of ether oxygens (including phenoxy) is 5. The van der Waals surface area contributed by atoms with Crippen molar-refractivity contribution in [3.8, 4) is 5.75 Å². The van der Waals surface area contributed by atoms with Gasteiger partial charge in [-0.1, -0.05) is 43.5 Å². The van der Waals surface area contributed by atoms with Crippen LogP contribution in [0.25, 0.3) is 0 Å². The van der Waals surface area contributed by atoms with Crippen molar-refractivity contribution < 1.29 is 38.2 Å². The van der Waals surface area contributed by atoms with Crippen LogP contribution in [0.3, 0.4) is 0 Å². The maximum Gasteiger partial charge on any atom is 0.336 e. The Bertz CT molecular complexity index is 1390. The number of rotatable bonds is 15. The summed E-state index contributed by atoms with van der Waals surface area (Å²) in [4.78, 5) is 37.1. The predicted molar refractivity (Wildman–Crippen MR) is 166 cm³/mol. The normalized spacial score (nSPS) is 17.1. The van der Waals surface area contributed by atoms with Crippen molar-refractivity contribution >= 4 is 17.6 Å². The molecule has 1 fully saturated rings. The van der Waals surface area contributed by atoms with Crippen LogP contribution in [0.15, 0.2) is 71.1 Å². The van der Waals surface area contributed by atoms with E-state index in [4.69, 9.17) is 23.7 Å². The largest absolute Gasteiger partial charge is 0.493 e. The van der Waals surface area contributed by atoms with Crippen LogP contribution in [0, 0.1) is 10.1 Å². The van der Waals surface area contributed by atoms with Crippen molar-refractivity contribution in [2.24, 2.45) is 0 Å². The zero-order valence-corrected chi connectivity index (χ0v) is 26.2. The van der Waals surface area contributed by atoms with E-state index in [-0.39, 0.29) is 23.4 Å². The minimum Gasteiger partial charge on any atom is -0.493 e. The van der Waals surface area contributed by atoms with E-state index in [1.807, 2.05) is 24.3 Å². The molecule has 1 N–H and O–H groups in total. The SMILES string of the molecule is COC(=O)C1=C(C)NC(C)=C(C(=O)OCCCOc2ccc(CCOCOC3CCCCC3)cc2)[C@@H]1c1cccc([N+](=O)[O-])c1. The average molecular weight is 623 g/mol. The predicted octanol–water partition coefficient (Wildman–Crippen LogP) is 5.88. The number of dihydropyridines is 1. The van der Waals surface area contributed by atoms with Crippen LogP contribution in [-0.2, 0) is 35.0 Å². The number of methoxy groups -OCH3 is 1. The fourth-order valence-electron chi connectivity index (χ4n) is 5.67. The molecule has 2 aliphatic rings. The van der Waals surface area contributed by atoms with Crippen molar-refractivity contribution in [2.45, 2.75) is 70.8 Å². The second-order valence-corrected chi connectivity index (χ2v) is 11.2. The lowest BCUT2D eigenvalue weighted by Gasteiger charge is -2.30. The molecule has 0 amide bonds. The fraction of sp³-hybridized carbons (Fsp3) is 0.471. The van der Waals surface area contributed by atoms with Gasteiger partial charge >= 0.3 is 11.9 Å². The van der Waals surface area contributed by atoms with Crippen molar-refractivity contribution in [1.82, 2.24) is 5.32 Å². The summed E-state index contributed by atoms with van der Waals surface area (Å²) in [5.74, 6) is -1.49. The van der Waals surface area contributed by atoms with Gasteiger partial charge in [-0.25, -0.2) is 9.59 Å². The molecule has 1 aliphatic carbocycles. The molecule has 1 atom stereocenters. The molecule has 45 heavy (non-hydrogen) atoms. The molecule has 0 bridgehead atoms. The Morgan fingerprint density at radius 1 is 0.933 bits per heavy atom. The highest BCUT2D eigenvalue weighted by molar-refractivity contribution is 5.99. The summed E-state index contributed by atoms with van der Waals surface area (Å²) in [6.45, 7) is 4.71. The maximum atomic E-state index is 13.4. The number of allylic oxidation sites excluding steroid dienone is 2. The van der Waals surface area contributed by atoms with Crippen LogP contribution in [0.4, 0.5) is 5.69 Å². The van der Waals surface area contributed by atoms with Crippen molar-refractivity contribution in [3.05, 3.63) is 92.3 Å². The van der Waals surface area contributed by atoms with Gasteiger partial charge in [0.2, 0.25) is 0 Å². The highest BCUT2D eigenvalue weighted by Crippen LogP contribution is 2.40. The van der Waals surface area contributed by atoms with Gasteiger partial charge in [-0.2, -0.15) is 0 Å². The van der Waals surface area contributed by atoms with Crippen LogP contribution in [0.2, 0.25) is 0 Å². The van der Waals surface area contributed by atoms with E-state index in [1.165, 1.54) is 44.6 Å². The van der Waals surface area contributed by atoms with E-state index >= 15 is 0 Å². The Hall–Kier alpha value is -4.22. The molecular formula is C34H42N2O9. The van der Waals surface area contributed by atoms with Crippen LogP contribution in [0.1, 0.15) is 69.4 Å². The fourth-order valence-corrected chi connectivity index (χ4v) is 5.67. The van der Waals surface area contributed by atoms with Gasteiger partial charge in [-0.05, 0) is 56.4 Å². The number of nitro groups is 1. The van der Waals surface area contributed by atoms with E-state index in [9.17, 15) is 19.7 Å². The Balaban J connectivity index is 1.26. The molecular weight excluding hydrogens is 580 g/mol. The minimum absolute atomic E-state index is 0.0753. The van der Waals surface area contributed by atoms with Gasteiger partial charge in [0.1, 0.15) is 12.5 Å². The number of esters is 2. The van der Waals surface area contributed by atoms with Gasteiger partial charge in [-0.15, -0.1) is 0 Å². The summed E-state index contributed by atoms with van der Waals surface area (Å²) in [6.07, 6.45) is 7.57. The number of carbonyl (C=O) groups excluding carboxylic acids is 2. The average Bonchev–Trinajstić information content (AvgIpc) is 3.04. The Labute approximate surface area is 263 Å². The summed E-state index contributed by atoms with van der Waals surface area (Å²) in [7, 11) is 1.24. The number of nitrogens with one attached hydrogen (secondary N) is 1. The molecule has 1 heterocycles. The molecule has 2 aromatic rings. The molecule has 1 aliphatic heterocycles. The zero-order valence-electron chi connectivity index (χ0n) is 26.2. The molecule has 242 valence electrons. The Morgan fingerprint density at radius 3 is 2.33 bits per heavy atom. The van der Waals surface area contributed by atoms with Crippen LogP contribution in [0.5, 0.6) is 5.75 Å². The number of carbonyl (C=O) groups is 2. The zero-order chi connectivity index (χ0) is 32.2. The van der Waals surface area contributed by atoms with Gasteiger partial charge in [-0.3, -0.25) is 10.1 Å². The second-order valence-electron chi connectivity index (χ2n) is 11.2. The second kappa shape index (κ2) is 16.7. The van der Waals surface area contributed by atoms with Gasteiger partial charge in [0.25, 0.3) is 5.69 Å². The van der Waals surface area contributed by atoms with Gasteiger partial charge in [0, 0.05) is 29.9 Å². The molecule has 2 aromatic carbocycles. The smallest absolute Gasteiger partial charge is 0.336 e. The standard InChI is InChI=1S/C34H42N2O9/c1-23-30(33(37)41-3)32(26-9-7-10-27(21-26)36(39)40)31(24(2)35-23)34(38)44-19-8-18-43-29-15-13-25(14-16-29)17-20-42-22-45-28-11-5-4-6-12-28/h7,9-10,13-16,21,28,32,35H,4-6,8,11-12,17-20,22H2,1-3H3/t32-/m1/s1. The molecule has 0 saturated heterocycles. The summed E-state index contributed by atoms with van der Waals surface area (Å²) < 4.78 is 27.9. The van der Waals surface area contributed by atoms with Crippen LogP contribution >= 0.6 is 0 Å². The third-order valence-electron chi connectivity index (χ3n) is 7.99. The lowest BCUT2D eigenvalue weighted by atomic mass is 9.80. The summed E-state index contributed by atoms with van der Waals surface area (Å²) in [5.41, 5.74) is 2.72. The number of hydrogen-bond donors (Lipinski definition) is 1. The summed E-state index contributed by atoms with van der Waals surface area (Å²) in [6, 6.07) is 13.6. The molecule has 0 spiro atoms. The Kier molecular flexibility index (Phi) is 12.5. The first-order valence-corrected chi connectivity index (χ1v) is 15.4. The number of nitrogens with zero attached hydrogens (tertiary/aromatic N) is 1. The molecule has 4 rings (SSSR count). The summed E-state index contributed by atoms with van der Waals surface area (Å²) in [5, 5.41) is 14.5. The number of benzene rings is 2. The number of non-ortho nitro benzene ring substituents is 1. The molecule has 11 nitrogen and oxygen atoms in total. The first kappa shape index (κ1) is 33.7. The van der Waals surface area contributed by atoms with Gasteiger partial charge in [0.05, 0.1) is 55.0 Å². The molecule has 0 unspecified atom stereocenters. The van der Waals surface area contributed by atoms with Crippen molar-refractivity contribution in [2.75, 3.05) is 33.7 Å². The van der Waals surface area contributed by atoms with Crippen molar-refractivity contribution in [1.29, 1.82) is 0 Å². The lowest BCUT2D eigenvalue weighted by molar-refractivity contribution is -0.384. The monoisotopic (exact) mass is 622 g/mol. The third kappa shape index (κ3) is 9.39. The molecule has 11 heteroatoms. The third-order valence-corrected chi connectivity index (χ3v) is 7.99. The molecule has 0 radical (unpaired) electrons. The van der Waals surface area contributed by atoms with Gasteiger partial charge in [0.15, 0.2) is 0 Å². The quantitative estimate of drug-likeness (QED) is 0.0843. The van der Waals surface area contributed by atoms with E-state index in [1.54, 1.807) is 19.9 Å². The topological polar surface area (TPSA) is 135 Å². The highest BCUT2D eigenvalue weighted by Gasteiger charge is 2.38.